The molecule has 0 aliphatic heterocycles. The number of rotatable bonds is 4. The predicted molar refractivity (Wildman–Crippen MR) is 53.7 cm³/mol. The molecule has 0 heterocycles. The Bertz CT molecular complexity index is 313. The number of benzene rings is 1. The zero-order valence-corrected chi connectivity index (χ0v) is 8.12. The highest BCUT2D eigenvalue weighted by Gasteiger charge is 2.08. The summed E-state index contributed by atoms with van der Waals surface area (Å²) in [5.41, 5.74) is 9.27. The smallest absolute Gasteiger partial charge is 0.275 e. The van der Waals surface area contributed by atoms with E-state index in [-0.39, 0.29) is 5.91 Å². The first-order valence-electron chi connectivity index (χ1n) is 4.41. The van der Waals surface area contributed by atoms with Crippen molar-refractivity contribution in [1.82, 2.24) is 5.48 Å². The average molecular weight is 194 g/mol. The van der Waals surface area contributed by atoms with Gasteiger partial charge in [-0.1, -0.05) is 18.2 Å². The van der Waals surface area contributed by atoms with Crippen molar-refractivity contribution in [3.05, 3.63) is 35.4 Å². The lowest BCUT2D eigenvalue weighted by atomic mass is 10.0. The maximum absolute atomic E-state index is 11.5. The van der Waals surface area contributed by atoms with E-state index in [9.17, 15) is 4.79 Å². The number of carbonyl (C=O) groups excluding carboxylic acids is 1. The molecule has 0 aliphatic rings. The van der Waals surface area contributed by atoms with Crippen molar-refractivity contribution in [2.45, 2.75) is 6.42 Å². The molecule has 1 amide bonds. The Kier molecular flexibility index (Phi) is 4.10. The number of nitrogens with one attached hydrogen (secondary N) is 1. The van der Waals surface area contributed by atoms with Crippen LogP contribution in [0.4, 0.5) is 0 Å². The van der Waals surface area contributed by atoms with E-state index in [2.05, 4.69) is 10.3 Å². The lowest BCUT2D eigenvalue weighted by Crippen LogP contribution is -2.23. The van der Waals surface area contributed by atoms with E-state index in [1.54, 1.807) is 6.07 Å². The Balaban J connectivity index is 2.88. The van der Waals surface area contributed by atoms with Crippen molar-refractivity contribution in [3.63, 3.8) is 0 Å². The van der Waals surface area contributed by atoms with Crippen LogP contribution in [0.15, 0.2) is 24.3 Å². The Morgan fingerprint density at radius 2 is 2.21 bits per heavy atom. The van der Waals surface area contributed by atoms with Gasteiger partial charge in [-0.25, -0.2) is 5.48 Å². The van der Waals surface area contributed by atoms with Gasteiger partial charge in [0, 0.05) is 5.56 Å². The van der Waals surface area contributed by atoms with E-state index < -0.39 is 0 Å². The molecule has 0 spiro atoms. The molecule has 3 N–H and O–H groups in total. The summed E-state index contributed by atoms with van der Waals surface area (Å²) in [5, 5.41) is 0. The third-order valence-corrected chi connectivity index (χ3v) is 1.87. The van der Waals surface area contributed by atoms with Crippen LogP contribution in [-0.4, -0.2) is 19.6 Å². The summed E-state index contributed by atoms with van der Waals surface area (Å²) in [5.74, 6) is -0.239. The summed E-state index contributed by atoms with van der Waals surface area (Å²) >= 11 is 0. The van der Waals surface area contributed by atoms with E-state index >= 15 is 0 Å². The molecule has 14 heavy (non-hydrogen) atoms. The number of amides is 1. The number of hydrogen-bond acceptors (Lipinski definition) is 3. The average Bonchev–Trinajstić information content (AvgIpc) is 2.19. The van der Waals surface area contributed by atoms with Crippen LogP contribution >= 0.6 is 0 Å². The normalized spacial score (nSPS) is 9.86. The van der Waals surface area contributed by atoms with Crippen LogP contribution < -0.4 is 11.2 Å². The molecule has 0 aromatic heterocycles. The second kappa shape index (κ2) is 5.36. The molecule has 0 aliphatic carbocycles. The van der Waals surface area contributed by atoms with Crippen molar-refractivity contribution >= 4 is 5.91 Å². The molecule has 76 valence electrons. The highest BCUT2D eigenvalue weighted by Crippen LogP contribution is 2.08. The van der Waals surface area contributed by atoms with E-state index in [0.29, 0.717) is 18.5 Å². The Labute approximate surface area is 83.0 Å². The van der Waals surface area contributed by atoms with Crippen molar-refractivity contribution in [3.8, 4) is 0 Å². The van der Waals surface area contributed by atoms with Gasteiger partial charge >= 0.3 is 0 Å². The van der Waals surface area contributed by atoms with Crippen LogP contribution in [-0.2, 0) is 11.3 Å². The van der Waals surface area contributed by atoms with Gasteiger partial charge < -0.3 is 5.73 Å². The molecule has 0 saturated heterocycles. The largest absolute Gasteiger partial charge is 0.330 e. The first-order valence-corrected chi connectivity index (χ1v) is 4.41. The van der Waals surface area contributed by atoms with Crippen molar-refractivity contribution in [1.29, 1.82) is 0 Å². The molecule has 0 fully saturated rings. The fraction of sp³-hybridized carbons (Fsp3) is 0.300. The lowest BCUT2D eigenvalue weighted by Gasteiger charge is -2.07. The molecular formula is C10H14N2O2. The maximum Gasteiger partial charge on any atom is 0.275 e. The fourth-order valence-electron chi connectivity index (χ4n) is 1.26. The Hall–Kier alpha value is -1.39. The van der Waals surface area contributed by atoms with Crippen LogP contribution in [0.5, 0.6) is 0 Å². The molecule has 0 bridgehead atoms. The SMILES string of the molecule is CONC(=O)c1ccccc1CCN. The highest BCUT2D eigenvalue weighted by atomic mass is 16.6. The van der Waals surface area contributed by atoms with Crippen LogP contribution in [0.25, 0.3) is 0 Å². The maximum atomic E-state index is 11.5. The molecule has 0 unspecified atom stereocenters. The first-order chi connectivity index (χ1) is 6.79. The summed E-state index contributed by atoms with van der Waals surface area (Å²) in [7, 11) is 1.41. The minimum atomic E-state index is -0.239. The van der Waals surface area contributed by atoms with Crippen LogP contribution in [0.2, 0.25) is 0 Å². The van der Waals surface area contributed by atoms with Crippen LogP contribution in [0, 0.1) is 0 Å². The predicted octanol–water partition coefficient (Wildman–Crippen LogP) is 0.479. The van der Waals surface area contributed by atoms with Crippen LogP contribution in [0.1, 0.15) is 15.9 Å². The summed E-state index contributed by atoms with van der Waals surface area (Å²) in [6.45, 7) is 0.525. The topological polar surface area (TPSA) is 64.3 Å². The fourth-order valence-corrected chi connectivity index (χ4v) is 1.26. The minimum Gasteiger partial charge on any atom is -0.330 e. The van der Waals surface area contributed by atoms with Crippen molar-refractivity contribution < 1.29 is 9.63 Å². The molecule has 1 aromatic carbocycles. The molecule has 0 atom stereocenters. The van der Waals surface area contributed by atoms with Gasteiger partial charge in [0.2, 0.25) is 0 Å². The molecule has 0 saturated carbocycles. The number of nitrogens with two attached hydrogens (primary N) is 1. The summed E-state index contributed by atoms with van der Waals surface area (Å²) in [6, 6.07) is 7.33. The molecule has 1 rings (SSSR count). The van der Waals surface area contributed by atoms with E-state index in [1.807, 2.05) is 18.2 Å². The minimum absolute atomic E-state index is 0.239. The van der Waals surface area contributed by atoms with Gasteiger partial charge in [-0.05, 0) is 24.6 Å². The van der Waals surface area contributed by atoms with E-state index in [4.69, 9.17) is 5.73 Å². The highest BCUT2D eigenvalue weighted by molar-refractivity contribution is 5.94. The van der Waals surface area contributed by atoms with Gasteiger partial charge in [0.25, 0.3) is 5.91 Å². The van der Waals surface area contributed by atoms with Gasteiger partial charge in [0.05, 0.1) is 7.11 Å². The summed E-state index contributed by atoms with van der Waals surface area (Å²) in [6.07, 6.45) is 0.688. The van der Waals surface area contributed by atoms with Gasteiger partial charge in [-0.2, -0.15) is 0 Å². The molecule has 4 nitrogen and oxygen atoms in total. The summed E-state index contributed by atoms with van der Waals surface area (Å²) < 4.78 is 0. The van der Waals surface area contributed by atoms with Gasteiger partial charge in [0.15, 0.2) is 0 Å². The Morgan fingerprint density at radius 1 is 1.50 bits per heavy atom. The van der Waals surface area contributed by atoms with E-state index in [1.165, 1.54) is 7.11 Å². The van der Waals surface area contributed by atoms with Crippen LogP contribution in [0.3, 0.4) is 0 Å². The van der Waals surface area contributed by atoms with Crippen molar-refractivity contribution in [2.24, 2.45) is 5.73 Å². The third kappa shape index (κ3) is 2.55. The number of hydroxylamine groups is 1. The van der Waals surface area contributed by atoms with Crippen molar-refractivity contribution in [2.75, 3.05) is 13.7 Å². The quantitative estimate of drug-likeness (QED) is 0.685. The molecule has 4 heteroatoms. The number of carbonyl (C=O) groups is 1. The first kappa shape index (κ1) is 10.7. The third-order valence-electron chi connectivity index (χ3n) is 1.87. The number of hydrogen-bond donors (Lipinski definition) is 2. The molecule has 0 radical (unpaired) electrons. The zero-order valence-electron chi connectivity index (χ0n) is 8.12. The Morgan fingerprint density at radius 3 is 2.86 bits per heavy atom. The molecular weight excluding hydrogens is 180 g/mol. The second-order valence-corrected chi connectivity index (χ2v) is 2.83. The van der Waals surface area contributed by atoms with Gasteiger partial charge in [0.1, 0.15) is 0 Å². The molecule has 1 aromatic rings. The monoisotopic (exact) mass is 194 g/mol. The van der Waals surface area contributed by atoms with E-state index in [0.717, 1.165) is 5.56 Å². The van der Waals surface area contributed by atoms with Gasteiger partial charge in [-0.3, -0.25) is 9.63 Å². The lowest BCUT2D eigenvalue weighted by molar-refractivity contribution is 0.0536. The summed E-state index contributed by atoms with van der Waals surface area (Å²) in [4.78, 5) is 16.0. The standard InChI is InChI=1S/C10H14N2O2/c1-14-12-10(13)9-5-3-2-4-8(9)6-7-11/h2-5H,6-7,11H2,1H3,(H,12,13). The van der Waals surface area contributed by atoms with Gasteiger partial charge in [-0.15, -0.1) is 0 Å². The second-order valence-electron chi connectivity index (χ2n) is 2.83. The zero-order chi connectivity index (χ0) is 10.4.